The minimum Gasteiger partial charge on any atom is -0.493 e. The maximum atomic E-state index is 10.6. The Morgan fingerprint density at radius 3 is 2.15 bits per heavy atom. The largest absolute Gasteiger partial charge is 0.493 e. The summed E-state index contributed by atoms with van der Waals surface area (Å²) in [6.45, 7) is 3.15. The third kappa shape index (κ3) is 5.73. The van der Waals surface area contributed by atoms with Crippen LogP contribution in [0.3, 0.4) is 0 Å². The quantitative estimate of drug-likeness (QED) is 0.516. The van der Waals surface area contributed by atoms with Crippen LogP contribution in [0.1, 0.15) is 12.5 Å². The average Bonchev–Trinajstić information content (AvgIpc) is 2.65. The second kappa shape index (κ2) is 9.98. The lowest BCUT2D eigenvalue weighted by Crippen LogP contribution is -2.10. The number of methoxy groups -OCH3 is 1. The molecule has 0 fully saturated rings. The summed E-state index contributed by atoms with van der Waals surface area (Å²) in [4.78, 5) is 10.6. The van der Waals surface area contributed by atoms with Gasteiger partial charge in [0.1, 0.15) is 13.2 Å². The van der Waals surface area contributed by atoms with Gasteiger partial charge in [0.2, 0.25) is 0 Å². The Labute approximate surface area is 152 Å². The molecule has 0 amide bonds. The predicted octanol–water partition coefficient (Wildman–Crippen LogP) is 3.65. The van der Waals surface area contributed by atoms with Crippen LogP contribution in [0.5, 0.6) is 23.0 Å². The molecule has 0 aromatic heterocycles. The van der Waals surface area contributed by atoms with Gasteiger partial charge in [-0.2, -0.15) is 0 Å². The Kier molecular flexibility index (Phi) is 7.36. The molecule has 0 radical (unpaired) electrons. The van der Waals surface area contributed by atoms with Gasteiger partial charge in [-0.05, 0) is 42.8 Å². The molecule has 0 heterocycles. The molecule has 0 aliphatic heterocycles. The number of rotatable bonds is 10. The summed E-state index contributed by atoms with van der Waals surface area (Å²) in [5.41, 5.74) is 0.707. The van der Waals surface area contributed by atoms with Crippen LogP contribution in [-0.4, -0.2) is 38.0 Å². The van der Waals surface area contributed by atoms with E-state index in [9.17, 15) is 4.79 Å². The number of carboxylic acids is 1. The molecule has 0 saturated carbocycles. The first kappa shape index (κ1) is 19.2. The molecule has 0 spiro atoms. The highest BCUT2D eigenvalue weighted by Gasteiger charge is 2.07. The zero-order valence-electron chi connectivity index (χ0n) is 14.8. The number of hydrogen-bond donors (Lipinski definition) is 1. The van der Waals surface area contributed by atoms with Crippen molar-refractivity contribution in [1.29, 1.82) is 0 Å². The van der Waals surface area contributed by atoms with Crippen LogP contribution >= 0.6 is 0 Å². The van der Waals surface area contributed by atoms with E-state index in [1.54, 1.807) is 18.2 Å². The van der Waals surface area contributed by atoms with Gasteiger partial charge in [0.05, 0.1) is 13.7 Å². The highest BCUT2D eigenvalue weighted by atomic mass is 16.5. The van der Waals surface area contributed by atoms with E-state index in [0.717, 1.165) is 6.08 Å². The Bertz CT molecular complexity index is 754. The van der Waals surface area contributed by atoms with E-state index < -0.39 is 5.97 Å². The lowest BCUT2D eigenvalue weighted by Gasteiger charge is -2.13. The SMILES string of the molecule is CCOc1ccccc1OCCOc1ccc(C=CC(=O)O)cc1OC. The first-order chi connectivity index (χ1) is 12.6. The van der Waals surface area contributed by atoms with Crippen molar-refractivity contribution >= 4 is 12.0 Å². The van der Waals surface area contributed by atoms with Crippen molar-refractivity contribution in [1.82, 2.24) is 0 Å². The lowest BCUT2D eigenvalue weighted by molar-refractivity contribution is -0.131. The van der Waals surface area contributed by atoms with Gasteiger partial charge in [-0.1, -0.05) is 18.2 Å². The zero-order valence-corrected chi connectivity index (χ0v) is 14.8. The van der Waals surface area contributed by atoms with Crippen LogP contribution in [0.25, 0.3) is 6.08 Å². The summed E-state index contributed by atoms with van der Waals surface area (Å²) >= 11 is 0. The lowest BCUT2D eigenvalue weighted by atomic mass is 10.2. The monoisotopic (exact) mass is 358 g/mol. The van der Waals surface area contributed by atoms with Gasteiger partial charge in [0.15, 0.2) is 23.0 Å². The van der Waals surface area contributed by atoms with E-state index in [-0.39, 0.29) is 0 Å². The molecular formula is C20H22O6. The number of ether oxygens (including phenoxy) is 4. The highest BCUT2D eigenvalue weighted by Crippen LogP contribution is 2.29. The summed E-state index contributed by atoms with van der Waals surface area (Å²) in [7, 11) is 1.53. The van der Waals surface area contributed by atoms with Gasteiger partial charge in [-0.3, -0.25) is 0 Å². The molecular weight excluding hydrogens is 336 g/mol. The molecule has 0 atom stereocenters. The first-order valence-corrected chi connectivity index (χ1v) is 8.20. The van der Waals surface area contributed by atoms with Crippen molar-refractivity contribution in [3.8, 4) is 23.0 Å². The van der Waals surface area contributed by atoms with Crippen molar-refractivity contribution in [3.05, 3.63) is 54.1 Å². The summed E-state index contributed by atoms with van der Waals surface area (Å²) in [6, 6.07) is 12.7. The van der Waals surface area contributed by atoms with E-state index in [2.05, 4.69) is 0 Å². The van der Waals surface area contributed by atoms with Crippen LogP contribution in [0.15, 0.2) is 48.5 Å². The second-order valence-electron chi connectivity index (χ2n) is 5.16. The number of carbonyl (C=O) groups is 1. The molecule has 138 valence electrons. The topological polar surface area (TPSA) is 74.2 Å². The molecule has 0 aliphatic carbocycles. The molecule has 0 unspecified atom stereocenters. The maximum Gasteiger partial charge on any atom is 0.328 e. The molecule has 1 N–H and O–H groups in total. The van der Waals surface area contributed by atoms with Crippen LogP contribution < -0.4 is 18.9 Å². The summed E-state index contributed by atoms with van der Waals surface area (Å²) in [5.74, 6) is 1.43. The summed E-state index contributed by atoms with van der Waals surface area (Å²) in [6.07, 6.45) is 2.56. The Hall–Kier alpha value is -3.15. The van der Waals surface area contributed by atoms with Gasteiger partial charge >= 0.3 is 5.97 Å². The third-order valence-corrected chi connectivity index (χ3v) is 3.35. The minimum absolute atomic E-state index is 0.321. The Balaban J connectivity index is 1.92. The molecule has 0 aliphatic rings. The fourth-order valence-corrected chi connectivity index (χ4v) is 2.22. The molecule has 0 bridgehead atoms. The number of carboxylic acid groups (broad SMARTS) is 1. The molecule has 0 saturated heterocycles. The van der Waals surface area contributed by atoms with Crippen LogP contribution in [-0.2, 0) is 4.79 Å². The highest BCUT2D eigenvalue weighted by molar-refractivity contribution is 5.85. The molecule has 2 aromatic rings. The van der Waals surface area contributed by atoms with Crippen molar-refractivity contribution < 1.29 is 28.8 Å². The molecule has 6 nitrogen and oxygen atoms in total. The summed E-state index contributed by atoms with van der Waals surface area (Å²) < 4.78 is 22.2. The normalized spacial score (nSPS) is 10.5. The Morgan fingerprint density at radius 1 is 0.962 bits per heavy atom. The minimum atomic E-state index is -1.01. The smallest absolute Gasteiger partial charge is 0.328 e. The zero-order chi connectivity index (χ0) is 18.8. The standard InChI is InChI=1S/C20H22O6/c1-3-24-16-6-4-5-7-17(16)25-12-13-26-18-10-8-15(9-11-20(21)22)14-19(18)23-2/h4-11,14H,3,12-13H2,1-2H3,(H,21,22). The molecule has 26 heavy (non-hydrogen) atoms. The second-order valence-corrected chi connectivity index (χ2v) is 5.16. The average molecular weight is 358 g/mol. The number of para-hydroxylation sites is 2. The van der Waals surface area contributed by atoms with Crippen LogP contribution in [0.4, 0.5) is 0 Å². The van der Waals surface area contributed by atoms with Gasteiger partial charge < -0.3 is 24.1 Å². The number of benzene rings is 2. The van der Waals surface area contributed by atoms with E-state index in [1.165, 1.54) is 13.2 Å². The number of hydrogen-bond acceptors (Lipinski definition) is 5. The number of aliphatic carboxylic acids is 1. The van der Waals surface area contributed by atoms with Gasteiger partial charge in [0.25, 0.3) is 0 Å². The van der Waals surface area contributed by atoms with Crippen molar-refractivity contribution in [2.45, 2.75) is 6.92 Å². The first-order valence-electron chi connectivity index (χ1n) is 8.20. The van der Waals surface area contributed by atoms with E-state index in [4.69, 9.17) is 24.1 Å². The Morgan fingerprint density at radius 2 is 1.58 bits per heavy atom. The van der Waals surface area contributed by atoms with E-state index >= 15 is 0 Å². The van der Waals surface area contributed by atoms with Crippen LogP contribution in [0.2, 0.25) is 0 Å². The van der Waals surface area contributed by atoms with Gasteiger partial charge in [-0.25, -0.2) is 4.79 Å². The molecule has 6 heteroatoms. The third-order valence-electron chi connectivity index (χ3n) is 3.35. The van der Waals surface area contributed by atoms with Crippen molar-refractivity contribution in [2.24, 2.45) is 0 Å². The van der Waals surface area contributed by atoms with E-state index in [0.29, 0.717) is 48.4 Å². The van der Waals surface area contributed by atoms with Crippen molar-refractivity contribution in [3.63, 3.8) is 0 Å². The van der Waals surface area contributed by atoms with Gasteiger partial charge in [-0.15, -0.1) is 0 Å². The summed E-state index contributed by atoms with van der Waals surface area (Å²) in [5, 5.41) is 8.68. The fourth-order valence-electron chi connectivity index (χ4n) is 2.22. The predicted molar refractivity (Wildman–Crippen MR) is 98.3 cm³/mol. The fraction of sp³-hybridized carbons (Fsp3) is 0.250. The van der Waals surface area contributed by atoms with Gasteiger partial charge in [0, 0.05) is 6.08 Å². The van der Waals surface area contributed by atoms with E-state index in [1.807, 2.05) is 31.2 Å². The van der Waals surface area contributed by atoms with Crippen LogP contribution in [0, 0.1) is 0 Å². The van der Waals surface area contributed by atoms with Crippen molar-refractivity contribution in [2.75, 3.05) is 26.9 Å². The maximum absolute atomic E-state index is 10.6. The molecule has 2 rings (SSSR count). The molecule has 2 aromatic carbocycles.